The molecular formula is C19H23FN2OS. The molecule has 1 aromatic heterocycles. The zero-order valence-electron chi connectivity index (χ0n) is 14.1. The van der Waals surface area contributed by atoms with Gasteiger partial charge in [-0.05, 0) is 61.9 Å². The van der Waals surface area contributed by atoms with Gasteiger partial charge in [-0.2, -0.15) is 0 Å². The second-order valence-electron chi connectivity index (χ2n) is 6.58. The lowest BCUT2D eigenvalue weighted by Crippen LogP contribution is -2.42. The van der Waals surface area contributed by atoms with Crippen molar-refractivity contribution in [2.75, 3.05) is 13.1 Å². The van der Waals surface area contributed by atoms with Crippen molar-refractivity contribution in [3.05, 3.63) is 45.9 Å². The topological polar surface area (TPSA) is 46.3 Å². The molecule has 1 aromatic carbocycles. The van der Waals surface area contributed by atoms with Gasteiger partial charge in [-0.3, -0.25) is 4.79 Å². The molecule has 1 aliphatic heterocycles. The van der Waals surface area contributed by atoms with Crippen LogP contribution in [0.2, 0.25) is 0 Å². The van der Waals surface area contributed by atoms with Gasteiger partial charge in [0.2, 0.25) is 0 Å². The Morgan fingerprint density at radius 3 is 2.50 bits per heavy atom. The van der Waals surface area contributed by atoms with Gasteiger partial charge in [-0.1, -0.05) is 12.1 Å². The number of halogens is 1. The summed E-state index contributed by atoms with van der Waals surface area (Å²) in [5, 5.41) is 0. The van der Waals surface area contributed by atoms with E-state index in [0.717, 1.165) is 46.8 Å². The van der Waals surface area contributed by atoms with E-state index in [0.29, 0.717) is 5.92 Å². The molecule has 1 saturated heterocycles. The Kier molecular flexibility index (Phi) is 5.01. The monoisotopic (exact) mass is 346 g/mol. The maximum atomic E-state index is 13.1. The number of benzene rings is 1. The van der Waals surface area contributed by atoms with Crippen LogP contribution in [0.3, 0.4) is 0 Å². The molecule has 0 bridgehead atoms. The largest absolute Gasteiger partial charge is 0.338 e. The average Bonchev–Trinajstić information content (AvgIpc) is 2.97. The van der Waals surface area contributed by atoms with Crippen LogP contribution in [0.25, 0.3) is 11.1 Å². The first-order valence-corrected chi connectivity index (χ1v) is 9.18. The number of amides is 1. The lowest BCUT2D eigenvalue weighted by Gasteiger charge is -2.33. The molecule has 1 fully saturated rings. The number of nitrogens with zero attached hydrogens (tertiary/aromatic N) is 1. The quantitative estimate of drug-likeness (QED) is 0.911. The van der Waals surface area contributed by atoms with Gasteiger partial charge in [-0.25, -0.2) is 4.39 Å². The highest BCUT2D eigenvalue weighted by atomic mass is 32.1. The van der Waals surface area contributed by atoms with Crippen molar-refractivity contribution >= 4 is 17.2 Å². The standard InChI is InChI=1S/C19H23FN2OS/c1-12(21)14-7-9-22(10-8-14)19(23)18-11-17(13(2)24-18)15-3-5-16(20)6-4-15/h3-6,11-12,14H,7-10,21H2,1-2H3. The molecule has 24 heavy (non-hydrogen) atoms. The predicted molar refractivity (Wildman–Crippen MR) is 96.7 cm³/mol. The number of thiophene rings is 1. The normalized spacial score (nSPS) is 17.1. The average molecular weight is 346 g/mol. The minimum absolute atomic E-state index is 0.0968. The van der Waals surface area contributed by atoms with Crippen LogP contribution in [0.15, 0.2) is 30.3 Å². The molecule has 128 valence electrons. The molecule has 2 heterocycles. The fourth-order valence-electron chi connectivity index (χ4n) is 3.29. The fraction of sp³-hybridized carbons (Fsp3) is 0.421. The minimum Gasteiger partial charge on any atom is -0.338 e. The van der Waals surface area contributed by atoms with Gasteiger partial charge in [0, 0.05) is 24.0 Å². The van der Waals surface area contributed by atoms with Crippen LogP contribution in [-0.2, 0) is 0 Å². The van der Waals surface area contributed by atoms with Crippen LogP contribution in [0.4, 0.5) is 4.39 Å². The van der Waals surface area contributed by atoms with Crippen molar-refractivity contribution in [3.8, 4) is 11.1 Å². The van der Waals surface area contributed by atoms with Crippen molar-refractivity contribution in [1.29, 1.82) is 0 Å². The Balaban J connectivity index is 1.75. The summed E-state index contributed by atoms with van der Waals surface area (Å²) >= 11 is 1.51. The number of rotatable bonds is 3. The van der Waals surface area contributed by atoms with Crippen LogP contribution in [-0.4, -0.2) is 29.9 Å². The van der Waals surface area contributed by atoms with Crippen LogP contribution in [0.5, 0.6) is 0 Å². The van der Waals surface area contributed by atoms with Crippen molar-refractivity contribution in [2.24, 2.45) is 11.7 Å². The van der Waals surface area contributed by atoms with Crippen molar-refractivity contribution in [2.45, 2.75) is 32.7 Å². The molecule has 3 rings (SSSR count). The van der Waals surface area contributed by atoms with E-state index in [1.807, 2.05) is 24.8 Å². The molecular weight excluding hydrogens is 323 g/mol. The Morgan fingerprint density at radius 2 is 1.92 bits per heavy atom. The molecule has 2 aromatic rings. The summed E-state index contributed by atoms with van der Waals surface area (Å²) in [7, 11) is 0. The Labute approximate surface area is 146 Å². The molecule has 1 amide bonds. The lowest BCUT2D eigenvalue weighted by atomic mass is 9.91. The molecule has 3 nitrogen and oxygen atoms in total. The van der Waals surface area contributed by atoms with Gasteiger partial charge < -0.3 is 10.6 Å². The summed E-state index contributed by atoms with van der Waals surface area (Å²) in [4.78, 5) is 16.5. The number of nitrogens with two attached hydrogens (primary N) is 1. The molecule has 2 N–H and O–H groups in total. The molecule has 1 unspecified atom stereocenters. The number of hydrogen-bond acceptors (Lipinski definition) is 3. The highest BCUT2D eigenvalue weighted by Gasteiger charge is 2.26. The second kappa shape index (κ2) is 7.03. The zero-order valence-corrected chi connectivity index (χ0v) is 14.9. The molecule has 0 saturated carbocycles. The van der Waals surface area contributed by atoms with Crippen LogP contribution in [0, 0.1) is 18.7 Å². The highest BCUT2D eigenvalue weighted by molar-refractivity contribution is 7.14. The number of carbonyl (C=O) groups is 1. The number of hydrogen-bond donors (Lipinski definition) is 1. The third-order valence-electron chi connectivity index (χ3n) is 4.85. The zero-order chi connectivity index (χ0) is 17.3. The Bertz CT molecular complexity index is 715. The molecule has 0 radical (unpaired) electrons. The number of likely N-dealkylation sites (tertiary alicyclic amines) is 1. The smallest absolute Gasteiger partial charge is 0.263 e. The Hall–Kier alpha value is -1.72. The molecule has 1 atom stereocenters. The van der Waals surface area contributed by atoms with E-state index in [-0.39, 0.29) is 17.8 Å². The van der Waals surface area contributed by atoms with Gasteiger partial charge in [0.15, 0.2) is 0 Å². The summed E-state index contributed by atoms with van der Waals surface area (Å²) in [6.45, 7) is 5.59. The minimum atomic E-state index is -0.250. The van der Waals surface area contributed by atoms with Crippen LogP contribution < -0.4 is 5.73 Å². The van der Waals surface area contributed by atoms with E-state index in [1.54, 1.807) is 12.1 Å². The summed E-state index contributed by atoms with van der Waals surface area (Å²) in [6, 6.07) is 8.54. The number of aryl methyl sites for hydroxylation is 1. The maximum Gasteiger partial charge on any atom is 0.263 e. The summed E-state index contributed by atoms with van der Waals surface area (Å²) in [5.74, 6) is 0.355. The van der Waals surface area contributed by atoms with E-state index in [1.165, 1.54) is 23.5 Å². The summed E-state index contributed by atoms with van der Waals surface area (Å²) in [6.07, 6.45) is 1.94. The van der Waals surface area contributed by atoms with Crippen molar-refractivity contribution in [1.82, 2.24) is 4.90 Å². The Morgan fingerprint density at radius 1 is 1.29 bits per heavy atom. The number of piperidine rings is 1. The van der Waals surface area contributed by atoms with E-state index in [2.05, 4.69) is 0 Å². The second-order valence-corrected chi connectivity index (χ2v) is 7.83. The molecule has 0 aliphatic carbocycles. The first-order chi connectivity index (χ1) is 11.5. The summed E-state index contributed by atoms with van der Waals surface area (Å²) in [5.41, 5.74) is 7.92. The van der Waals surface area contributed by atoms with Crippen molar-refractivity contribution < 1.29 is 9.18 Å². The van der Waals surface area contributed by atoms with Gasteiger partial charge in [0.25, 0.3) is 5.91 Å². The van der Waals surface area contributed by atoms with Crippen LogP contribution in [0.1, 0.15) is 34.3 Å². The van der Waals surface area contributed by atoms with Gasteiger partial charge in [-0.15, -0.1) is 11.3 Å². The van der Waals surface area contributed by atoms with Gasteiger partial charge in [0.05, 0.1) is 4.88 Å². The van der Waals surface area contributed by atoms with E-state index < -0.39 is 0 Å². The van der Waals surface area contributed by atoms with Gasteiger partial charge >= 0.3 is 0 Å². The SMILES string of the molecule is Cc1sc(C(=O)N2CCC(C(C)N)CC2)cc1-c1ccc(F)cc1. The predicted octanol–water partition coefficient (Wildman–Crippen LogP) is 4.06. The molecule has 1 aliphatic rings. The van der Waals surface area contributed by atoms with Gasteiger partial charge in [0.1, 0.15) is 5.82 Å². The van der Waals surface area contributed by atoms with E-state index >= 15 is 0 Å². The lowest BCUT2D eigenvalue weighted by molar-refractivity contribution is 0.0686. The molecule has 0 spiro atoms. The maximum absolute atomic E-state index is 13.1. The van der Waals surface area contributed by atoms with E-state index in [9.17, 15) is 9.18 Å². The third kappa shape index (κ3) is 3.52. The number of carbonyl (C=O) groups excluding carboxylic acids is 1. The van der Waals surface area contributed by atoms with E-state index in [4.69, 9.17) is 5.73 Å². The summed E-state index contributed by atoms with van der Waals surface area (Å²) < 4.78 is 13.1. The highest BCUT2D eigenvalue weighted by Crippen LogP contribution is 2.32. The first-order valence-electron chi connectivity index (χ1n) is 8.37. The first kappa shape index (κ1) is 17.1. The fourth-order valence-corrected chi connectivity index (χ4v) is 4.30. The molecule has 5 heteroatoms. The van der Waals surface area contributed by atoms with Crippen molar-refractivity contribution in [3.63, 3.8) is 0 Å². The third-order valence-corrected chi connectivity index (χ3v) is 5.89. The van der Waals surface area contributed by atoms with Crippen LogP contribution >= 0.6 is 11.3 Å².